The van der Waals surface area contributed by atoms with Gasteiger partial charge in [-0.1, -0.05) is 42.5 Å². The van der Waals surface area contributed by atoms with E-state index in [4.69, 9.17) is 0 Å². The van der Waals surface area contributed by atoms with Gasteiger partial charge in [0, 0.05) is 6.04 Å². The molecule has 2 aromatic rings. The lowest BCUT2D eigenvalue weighted by atomic mass is 10.1. The summed E-state index contributed by atoms with van der Waals surface area (Å²) in [5.41, 5.74) is 2.91. The van der Waals surface area contributed by atoms with Crippen molar-refractivity contribution < 1.29 is 9.59 Å². The highest BCUT2D eigenvalue weighted by molar-refractivity contribution is 6.02. The Morgan fingerprint density at radius 2 is 1.88 bits per heavy atom. The average Bonchev–Trinajstić information content (AvgIpc) is 2.60. The van der Waals surface area contributed by atoms with Crippen LogP contribution in [0, 0.1) is 0 Å². The van der Waals surface area contributed by atoms with E-state index >= 15 is 0 Å². The predicted molar refractivity (Wildman–Crippen MR) is 99.7 cm³/mol. The Labute approximate surface area is 148 Å². The van der Waals surface area contributed by atoms with Gasteiger partial charge in [0.2, 0.25) is 11.8 Å². The van der Waals surface area contributed by atoms with Gasteiger partial charge in [0.1, 0.15) is 0 Å². The molecular formula is C20H23N3O2. The van der Waals surface area contributed by atoms with Crippen LogP contribution in [0.4, 0.5) is 11.4 Å². The van der Waals surface area contributed by atoms with Crippen molar-refractivity contribution in [3.05, 3.63) is 60.2 Å². The van der Waals surface area contributed by atoms with Crippen LogP contribution in [-0.4, -0.2) is 30.9 Å². The zero-order valence-electron chi connectivity index (χ0n) is 14.4. The number of nitrogens with zero attached hydrogens (tertiary/aromatic N) is 1. The minimum atomic E-state index is -0.0939. The Hall–Kier alpha value is -2.82. The summed E-state index contributed by atoms with van der Waals surface area (Å²) in [6.45, 7) is 2.39. The van der Waals surface area contributed by atoms with Gasteiger partial charge >= 0.3 is 0 Å². The van der Waals surface area contributed by atoms with E-state index in [0.717, 1.165) is 24.2 Å². The Balaban J connectivity index is 1.53. The number of benzene rings is 2. The van der Waals surface area contributed by atoms with E-state index in [9.17, 15) is 9.59 Å². The van der Waals surface area contributed by atoms with E-state index in [1.54, 1.807) is 0 Å². The van der Waals surface area contributed by atoms with Gasteiger partial charge in [-0.2, -0.15) is 0 Å². The predicted octanol–water partition coefficient (Wildman–Crippen LogP) is 2.58. The Kier molecular flexibility index (Phi) is 5.33. The van der Waals surface area contributed by atoms with E-state index in [-0.39, 0.29) is 30.9 Å². The molecule has 2 N–H and O–H groups in total. The molecule has 0 fully saturated rings. The highest BCUT2D eigenvalue weighted by Crippen LogP contribution is 2.28. The van der Waals surface area contributed by atoms with Crippen LogP contribution in [0.2, 0.25) is 0 Å². The fraction of sp³-hybridized carbons (Fsp3) is 0.300. The second-order valence-electron chi connectivity index (χ2n) is 6.41. The molecule has 130 valence electrons. The molecule has 1 atom stereocenters. The number of carbonyl (C=O) groups is 2. The Bertz CT molecular complexity index is 746. The second-order valence-corrected chi connectivity index (χ2v) is 6.41. The molecule has 3 rings (SSSR count). The number of aryl methyl sites for hydroxylation is 1. The molecular weight excluding hydrogens is 314 g/mol. The second kappa shape index (κ2) is 7.83. The first-order chi connectivity index (χ1) is 12.1. The fourth-order valence-corrected chi connectivity index (χ4v) is 3.04. The minimum absolute atomic E-state index is 0.0648. The maximum atomic E-state index is 12.4. The van der Waals surface area contributed by atoms with Gasteiger partial charge in [-0.3, -0.25) is 9.59 Å². The van der Waals surface area contributed by atoms with Gasteiger partial charge in [-0.25, -0.2) is 0 Å². The summed E-state index contributed by atoms with van der Waals surface area (Å²) in [7, 11) is 0. The number of fused-ring (bicyclic) bond motifs is 1. The topological polar surface area (TPSA) is 61.4 Å². The van der Waals surface area contributed by atoms with Crippen LogP contribution in [0.25, 0.3) is 0 Å². The molecule has 0 aliphatic carbocycles. The molecule has 1 heterocycles. The monoisotopic (exact) mass is 337 g/mol. The molecule has 2 amide bonds. The number of amides is 2. The first-order valence-corrected chi connectivity index (χ1v) is 8.59. The molecule has 2 aromatic carbocycles. The summed E-state index contributed by atoms with van der Waals surface area (Å²) < 4.78 is 0. The molecule has 0 saturated heterocycles. The number of hydrogen-bond acceptors (Lipinski definition) is 3. The van der Waals surface area contributed by atoms with E-state index in [0.29, 0.717) is 0 Å². The van der Waals surface area contributed by atoms with E-state index in [1.807, 2.05) is 54.3 Å². The summed E-state index contributed by atoms with van der Waals surface area (Å²) in [5, 5.41) is 5.86. The van der Waals surface area contributed by atoms with Crippen molar-refractivity contribution in [3.63, 3.8) is 0 Å². The van der Waals surface area contributed by atoms with Gasteiger partial charge < -0.3 is 15.5 Å². The van der Waals surface area contributed by atoms with Gasteiger partial charge in [-0.05, 0) is 37.5 Å². The minimum Gasteiger partial charge on any atom is -0.352 e. The maximum Gasteiger partial charge on any atom is 0.243 e. The largest absolute Gasteiger partial charge is 0.352 e. The number of carbonyl (C=O) groups excluding carboxylic acids is 2. The molecule has 1 aliphatic rings. The zero-order chi connectivity index (χ0) is 17.6. The molecule has 25 heavy (non-hydrogen) atoms. The van der Waals surface area contributed by atoms with Crippen LogP contribution in [0.15, 0.2) is 54.6 Å². The Morgan fingerprint density at radius 3 is 2.68 bits per heavy atom. The van der Waals surface area contributed by atoms with Crippen LogP contribution in [-0.2, 0) is 16.0 Å². The summed E-state index contributed by atoms with van der Waals surface area (Å²) in [5.74, 6) is -0.159. The first-order valence-electron chi connectivity index (χ1n) is 8.59. The molecule has 5 nitrogen and oxygen atoms in total. The number of hydrogen-bond donors (Lipinski definition) is 2. The van der Waals surface area contributed by atoms with E-state index in [2.05, 4.69) is 22.8 Å². The average molecular weight is 337 g/mol. The van der Waals surface area contributed by atoms with Crippen LogP contribution in [0.1, 0.15) is 18.9 Å². The molecule has 0 aromatic heterocycles. The van der Waals surface area contributed by atoms with Crippen molar-refractivity contribution in [2.24, 2.45) is 0 Å². The summed E-state index contributed by atoms with van der Waals surface area (Å²) in [4.78, 5) is 26.0. The van der Waals surface area contributed by atoms with Crippen LogP contribution in [0.5, 0.6) is 0 Å². The van der Waals surface area contributed by atoms with Crippen molar-refractivity contribution in [1.29, 1.82) is 0 Å². The van der Waals surface area contributed by atoms with Gasteiger partial charge in [-0.15, -0.1) is 0 Å². The van der Waals surface area contributed by atoms with Crippen molar-refractivity contribution in [2.45, 2.75) is 25.8 Å². The Morgan fingerprint density at radius 1 is 1.16 bits per heavy atom. The standard InChI is InChI=1S/C20H23N3O2/c1-15(11-12-16-7-3-2-4-8-16)21-19(24)13-23-14-20(25)22-17-9-5-6-10-18(17)23/h2-10,15H,11-14H2,1H3,(H,21,24)(H,22,25)/t15-/m1/s1. The number of para-hydroxylation sites is 2. The van der Waals surface area contributed by atoms with Crippen LogP contribution < -0.4 is 15.5 Å². The zero-order valence-corrected chi connectivity index (χ0v) is 14.4. The molecule has 0 unspecified atom stereocenters. The van der Waals surface area contributed by atoms with Crippen LogP contribution in [0.3, 0.4) is 0 Å². The maximum absolute atomic E-state index is 12.4. The third kappa shape index (κ3) is 4.59. The summed E-state index contributed by atoms with van der Waals surface area (Å²) >= 11 is 0. The molecule has 1 aliphatic heterocycles. The lowest BCUT2D eigenvalue weighted by Crippen LogP contribution is -2.46. The summed E-state index contributed by atoms with van der Waals surface area (Å²) in [6.07, 6.45) is 1.81. The number of anilines is 2. The van der Waals surface area contributed by atoms with Gasteiger partial charge in [0.15, 0.2) is 0 Å². The number of nitrogens with one attached hydrogen (secondary N) is 2. The lowest BCUT2D eigenvalue weighted by Gasteiger charge is -2.30. The van der Waals surface area contributed by atoms with Gasteiger partial charge in [0.05, 0.1) is 24.5 Å². The smallest absolute Gasteiger partial charge is 0.243 e. The van der Waals surface area contributed by atoms with E-state index in [1.165, 1.54) is 5.56 Å². The highest BCUT2D eigenvalue weighted by atomic mass is 16.2. The van der Waals surface area contributed by atoms with Crippen molar-refractivity contribution in [3.8, 4) is 0 Å². The first kappa shape index (κ1) is 17.0. The molecule has 0 bridgehead atoms. The normalized spacial score (nSPS) is 14.4. The third-order valence-electron chi connectivity index (χ3n) is 4.30. The lowest BCUT2D eigenvalue weighted by molar-refractivity contribution is -0.120. The highest BCUT2D eigenvalue weighted by Gasteiger charge is 2.23. The summed E-state index contributed by atoms with van der Waals surface area (Å²) in [6, 6.07) is 17.9. The van der Waals surface area contributed by atoms with Crippen molar-refractivity contribution in [2.75, 3.05) is 23.3 Å². The molecule has 0 radical (unpaired) electrons. The van der Waals surface area contributed by atoms with Crippen molar-refractivity contribution in [1.82, 2.24) is 5.32 Å². The SMILES string of the molecule is C[C@H](CCc1ccccc1)NC(=O)CN1CC(=O)Nc2ccccc21. The van der Waals surface area contributed by atoms with E-state index < -0.39 is 0 Å². The number of rotatable bonds is 6. The van der Waals surface area contributed by atoms with Crippen molar-refractivity contribution >= 4 is 23.2 Å². The quantitative estimate of drug-likeness (QED) is 0.852. The van der Waals surface area contributed by atoms with Crippen LogP contribution >= 0.6 is 0 Å². The molecule has 0 spiro atoms. The van der Waals surface area contributed by atoms with Gasteiger partial charge in [0.25, 0.3) is 0 Å². The third-order valence-corrected chi connectivity index (χ3v) is 4.30. The molecule has 5 heteroatoms. The molecule has 0 saturated carbocycles. The fourth-order valence-electron chi connectivity index (χ4n) is 3.04.